The molecule has 8 heteroatoms. The summed E-state index contributed by atoms with van der Waals surface area (Å²) in [4.78, 5) is 24.0. The number of thioether (sulfide) groups is 1. The fourth-order valence-corrected chi connectivity index (χ4v) is 3.67. The number of carboxylic acid groups (broad SMARTS) is 1. The van der Waals surface area contributed by atoms with E-state index in [1.165, 1.54) is 16.7 Å². The van der Waals surface area contributed by atoms with Crippen molar-refractivity contribution in [2.75, 3.05) is 17.8 Å². The molecule has 0 bridgehead atoms. The Morgan fingerprint density at radius 1 is 1.47 bits per heavy atom. The standard InChI is InChI=1S/C9H15NO5S2/c1-3-8-10(6(4-16-8)9(12)13)7(11)5-17(2,14)15/h6,8H,3-5H2,1-2H3,(H,12,13). The Morgan fingerprint density at radius 2 is 2.06 bits per heavy atom. The molecule has 1 amide bonds. The summed E-state index contributed by atoms with van der Waals surface area (Å²) in [6.45, 7) is 1.84. The van der Waals surface area contributed by atoms with Crippen molar-refractivity contribution in [2.24, 2.45) is 0 Å². The minimum absolute atomic E-state index is 0.245. The van der Waals surface area contributed by atoms with Gasteiger partial charge in [0.15, 0.2) is 9.84 Å². The second-order valence-corrected chi connectivity index (χ2v) is 7.27. The molecule has 98 valence electrons. The smallest absolute Gasteiger partial charge is 0.327 e. The molecule has 0 aliphatic carbocycles. The Bertz CT molecular complexity index is 419. The number of rotatable bonds is 4. The molecule has 1 N–H and O–H groups in total. The van der Waals surface area contributed by atoms with Crippen LogP contribution in [-0.4, -0.2) is 59.5 Å². The van der Waals surface area contributed by atoms with Crippen LogP contribution in [0.15, 0.2) is 0 Å². The van der Waals surface area contributed by atoms with Crippen molar-refractivity contribution in [3.63, 3.8) is 0 Å². The number of aliphatic carboxylic acids is 1. The fraction of sp³-hybridized carbons (Fsp3) is 0.778. The zero-order valence-electron chi connectivity index (χ0n) is 9.62. The summed E-state index contributed by atoms with van der Waals surface area (Å²) in [7, 11) is -3.43. The molecule has 1 aliphatic rings. The lowest BCUT2D eigenvalue weighted by atomic mass is 10.2. The van der Waals surface area contributed by atoms with Crippen LogP contribution in [0.1, 0.15) is 13.3 Å². The van der Waals surface area contributed by atoms with Gasteiger partial charge in [0.2, 0.25) is 5.91 Å². The highest BCUT2D eigenvalue weighted by Gasteiger charge is 2.41. The zero-order valence-corrected chi connectivity index (χ0v) is 11.3. The van der Waals surface area contributed by atoms with Gasteiger partial charge < -0.3 is 10.0 Å². The predicted molar refractivity (Wildman–Crippen MR) is 64.5 cm³/mol. The molecule has 2 atom stereocenters. The summed E-state index contributed by atoms with van der Waals surface area (Å²) in [5, 5.41) is 8.74. The molecule has 1 saturated heterocycles. The molecule has 0 saturated carbocycles. The van der Waals surface area contributed by atoms with Gasteiger partial charge in [-0.05, 0) is 6.42 Å². The third-order valence-electron chi connectivity index (χ3n) is 2.40. The summed E-state index contributed by atoms with van der Waals surface area (Å²) >= 11 is 1.37. The molecule has 6 nitrogen and oxygen atoms in total. The first-order valence-electron chi connectivity index (χ1n) is 5.09. The van der Waals surface area contributed by atoms with Crippen LogP contribution in [0.25, 0.3) is 0 Å². The summed E-state index contributed by atoms with van der Waals surface area (Å²) in [5.41, 5.74) is 0. The number of sulfone groups is 1. The first-order valence-corrected chi connectivity index (χ1v) is 8.20. The van der Waals surface area contributed by atoms with Crippen LogP contribution < -0.4 is 0 Å². The van der Waals surface area contributed by atoms with Crippen molar-refractivity contribution in [3.05, 3.63) is 0 Å². The van der Waals surface area contributed by atoms with Gasteiger partial charge in [0.25, 0.3) is 0 Å². The van der Waals surface area contributed by atoms with Gasteiger partial charge >= 0.3 is 5.97 Å². The lowest BCUT2D eigenvalue weighted by Gasteiger charge is -2.26. The predicted octanol–water partition coefficient (Wildman–Crippen LogP) is -0.204. The molecule has 1 fully saturated rings. The summed E-state index contributed by atoms with van der Waals surface area (Å²) < 4.78 is 22.1. The van der Waals surface area contributed by atoms with Gasteiger partial charge in [0.1, 0.15) is 11.8 Å². The van der Waals surface area contributed by atoms with Crippen molar-refractivity contribution < 1.29 is 23.1 Å². The van der Waals surface area contributed by atoms with Gasteiger partial charge in [0, 0.05) is 12.0 Å². The van der Waals surface area contributed by atoms with Gasteiger partial charge in [-0.25, -0.2) is 13.2 Å². The van der Waals surface area contributed by atoms with E-state index in [2.05, 4.69) is 0 Å². The fourth-order valence-electron chi connectivity index (χ4n) is 1.70. The Balaban J connectivity index is 2.89. The number of hydrogen-bond donors (Lipinski definition) is 1. The number of carbonyl (C=O) groups is 2. The molecular weight excluding hydrogens is 266 g/mol. The van der Waals surface area contributed by atoms with Gasteiger partial charge in [-0.2, -0.15) is 0 Å². The van der Waals surface area contributed by atoms with Crippen LogP contribution in [0.5, 0.6) is 0 Å². The summed E-state index contributed by atoms with van der Waals surface area (Å²) in [5.74, 6) is -2.04. The highest BCUT2D eigenvalue weighted by Crippen LogP contribution is 2.31. The average Bonchev–Trinajstić information content (AvgIpc) is 2.57. The molecule has 0 spiro atoms. The van der Waals surface area contributed by atoms with Crippen molar-refractivity contribution in [2.45, 2.75) is 24.8 Å². The van der Waals surface area contributed by atoms with Gasteiger partial charge in [-0.1, -0.05) is 6.92 Å². The Hall–Kier alpha value is -0.760. The van der Waals surface area contributed by atoms with E-state index in [1.807, 2.05) is 6.92 Å². The maximum absolute atomic E-state index is 11.8. The molecule has 17 heavy (non-hydrogen) atoms. The molecule has 0 aromatic heterocycles. The third-order valence-corrected chi connectivity index (χ3v) is 4.63. The zero-order chi connectivity index (χ0) is 13.2. The van der Waals surface area contributed by atoms with E-state index in [9.17, 15) is 18.0 Å². The highest BCUT2D eigenvalue weighted by molar-refractivity contribution is 8.00. The van der Waals surface area contributed by atoms with E-state index in [0.717, 1.165) is 6.26 Å². The maximum atomic E-state index is 11.8. The molecule has 0 aromatic carbocycles. The summed E-state index contributed by atoms with van der Waals surface area (Å²) in [6.07, 6.45) is 1.56. The normalized spacial score (nSPS) is 24.9. The van der Waals surface area contributed by atoms with E-state index >= 15 is 0 Å². The van der Waals surface area contributed by atoms with Crippen molar-refractivity contribution >= 4 is 33.5 Å². The minimum atomic E-state index is -3.43. The monoisotopic (exact) mass is 281 g/mol. The van der Waals surface area contributed by atoms with E-state index in [1.54, 1.807) is 0 Å². The van der Waals surface area contributed by atoms with Crippen LogP contribution in [0.2, 0.25) is 0 Å². The van der Waals surface area contributed by atoms with Crippen molar-refractivity contribution in [3.8, 4) is 0 Å². The summed E-state index contributed by atoms with van der Waals surface area (Å²) in [6, 6.07) is -0.917. The molecule has 1 aliphatic heterocycles. The number of carbonyl (C=O) groups excluding carboxylic acids is 1. The van der Waals surface area contributed by atoms with E-state index < -0.39 is 33.5 Å². The molecule has 0 aromatic rings. The van der Waals surface area contributed by atoms with Crippen LogP contribution in [0, 0.1) is 0 Å². The van der Waals surface area contributed by atoms with E-state index in [-0.39, 0.29) is 5.37 Å². The third kappa shape index (κ3) is 3.60. The molecule has 2 unspecified atom stereocenters. The van der Waals surface area contributed by atoms with Crippen LogP contribution >= 0.6 is 11.8 Å². The first-order chi connectivity index (χ1) is 7.76. The van der Waals surface area contributed by atoms with Crippen molar-refractivity contribution in [1.82, 2.24) is 4.90 Å². The SMILES string of the molecule is CCC1SCC(C(=O)O)N1C(=O)CS(C)(=O)=O. The van der Waals surface area contributed by atoms with E-state index in [4.69, 9.17) is 5.11 Å². The average molecular weight is 281 g/mol. The second-order valence-electron chi connectivity index (χ2n) is 3.92. The molecule has 1 rings (SSSR count). The van der Waals surface area contributed by atoms with Crippen LogP contribution in [0.3, 0.4) is 0 Å². The Labute approximate surface area is 104 Å². The number of hydrogen-bond acceptors (Lipinski definition) is 5. The van der Waals surface area contributed by atoms with Gasteiger partial charge in [0.05, 0.1) is 5.37 Å². The van der Waals surface area contributed by atoms with Gasteiger partial charge in [-0.15, -0.1) is 11.8 Å². The van der Waals surface area contributed by atoms with Crippen LogP contribution in [-0.2, 0) is 19.4 Å². The lowest BCUT2D eigenvalue weighted by molar-refractivity contribution is -0.148. The number of amides is 1. The molecule has 0 radical (unpaired) electrons. The van der Waals surface area contributed by atoms with Crippen molar-refractivity contribution in [1.29, 1.82) is 0 Å². The van der Waals surface area contributed by atoms with Crippen LogP contribution in [0.4, 0.5) is 0 Å². The molecule has 1 heterocycles. The molecular formula is C9H15NO5S2. The highest BCUT2D eigenvalue weighted by atomic mass is 32.2. The number of nitrogens with zero attached hydrogens (tertiary/aromatic N) is 1. The largest absolute Gasteiger partial charge is 0.480 e. The second kappa shape index (κ2) is 5.26. The quantitative estimate of drug-likeness (QED) is 0.767. The first kappa shape index (κ1) is 14.3. The Kier molecular flexibility index (Phi) is 4.42. The maximum Gasteiger partial charge on any atom is 0.327 e. The Morgan fingerprint density at radius 3 is 2.47 bits per heavy atom. The van der Waals surface area contributed by atoms with E-state index in [0.29, 0.717) is 12.2 Å². The lowest BCUT2D eigenvalue weighted by Crippen LogP contribution is -2.47. The van der Waals surface area contributed by atoms with Gasteiger partial charge in [-0.3, -0.25) is 4.79 Å². The topological polar surface area (TPSA) is 91.8 Å². The minimum Gasteiger partial charge on any atom is -0.480 e. The number of carboxylic acids is 1.